The highest BCUT2D eigenvalue weighted by Crippen LogP contribution is 2.39. The lowest BCUT2D eigenvalue weighted by Gasteiger charge is -2.28. The summed E-state index contributed by atoms with van der Waals surface area (Å²) in [5.74, 6) is -4.87. The van der Waals surface area contributed by atoms with Crippen molar-refractivity contribution in [3.8, 4) is 17.2 Å². The molecular formula is C51H62Cl4F12N6O9. The van der Waals surface area contributed by atoms with Gasteiger partial charge in [0.1, 0.15) is 47.0 Å². The number of halogens is 16. The van der Waals surface area contributed by atoms with Gasteiger partial charge in [-0.1, -0.05) is 67.2 Å². The molecule has 0 spiro atoms. The van der Waals surface area contributed by atoms with Crippen LogP contribution < -0.4 is 46.1 Å². The van der Waals surface area contributed by atoms with E-state index in [9.17, 15) is 81.5 Å². The monoisotopic (exact) mass is 1270 g/mol. The third kappa shape index (κ3) is 27.1. The third-order valence-corrected chi connectivity index (χ3v) is 11.3. The van der Waals surface area contributed by atoms with E-state index in [0.29, 0.717) is 32.3 Å². The first-order valence-electron chi connectivity index (χ1n) is 24.3. The number of carbonyl (C=O) groups excluding carboxylic acids is 6. The molecule has 3 aromatic carbocycles. The van der Waals surface area contributed by atoms with Gasteiger partial charge in [0.15, 0.2) is 18.3 Å². The molecule has 6 amide bonds. The van der Waals surface area contributed by atoms with Crippen LogP contribution >= 0.6 is 46.4 Å². The first-order chi connectivity index (χ1) is 37.1. The third-order valence-electron chi connectivity index (χ3n) is 10.4. The Morgan fingerprint density at radius 1 is 0.427 bits per heavy atom. The Morgan fingerprint density at radius 3 is 0.915 bits per heavy atom. The summed E-state index contributed by atoms with van der Waals surface area (Å²) in [5, 5.41) is 14.7. The molecule has 0 aliphatic carbocycles. The van der Waals surface area contributed by atoms with Crippen molar-refractivity contribution in [2.45, 2.75) is 161 Å². The Morgan fingerprint density at radius 2 is 0.683 bits per heavy atom. The lowest BCUT2D eigenvalue weighted by atomic mass is 10.0. The minimum absolute atomic E-state index is 0.0134. The van der Waals surface area contributed by atoms with Gasteiger partial charge in [-0.2, -0.15) is 52.7 Å². The summed E-state index contributed by atoms with van der Waals surface area (Å²) >= 11 is 23.6. The van der Waals surface area contributed by atoms with Gasteiger partial charge in [0.05, 0.1) is 11.1 Å². The zero-order valence-electron chi connectivity index (χ0n) is 45.8. The molecule has 0 aliphatic heterocycles. The van der Waals surface area contributed by atoms with E-state index in [1.165, 1.54) is 39.0 Å². The van der Waals surface area contributed by atoms with Crippen LogP contribution in [0.5, 0.6) is 17.2 Å². The van der Waals surface area contributed by atoms with E-state index in [0.717, 1.165) is 13.8 Å². The van der Waals surface area contributed by atoms with Crippen LogP contribution in [-0.4, -0.2) is 102 Å². The first-order valence-corrected chi connectivity index (χ1v) is 25.8. The molecule has 3 unspecified atom stereocenters. The smallest absolute Gasteiger partial charge is 0.416 e. The highest BCUT2D eigenvalue weighted by molar-refractivity contribution is 6.35. The highest BCUT2D eigenvalue weighted by atomic mass is 35.5. The van der Waals surface area contributed by atoms with Crippen molar-refractivity contribution in [2.24, 2.45) is 0 Å². The highest BCUT2D eigenvalue weighted by Gasteiger charge is 2.40. The number of ether oxygens (including phenoxy) is 3. The van der Waals surface area contributed by atoms with E-state index in [1.807, 2.05) is 20.8 Å². The number of hydrogen-bond donors (Lipinski definition) is 6. The molecule has 6 N–H and O–H groups in total. The molecule has 0 heterocycles. The van der Waals surface area contributed by atoms with E-state index >= 15 is 0 Å². The fourth-order valence-electron chi connectivity index (χ4n) is 6.23. The van der Waals surface area contributed by atoms with Gasteiger partial charge in [0.2, 0.25) is 17.7 Å². The summed E-state index contributed by atoms with van der Waals surface area (Å²) < 4.78 is 167. The lowest BCUT2D eigenvalue weighted by molar-refractivity contribution is -0.144. The summed E-state index contributed by atoms with van der Waals surface area (Å²) in [7, 11) is 0. The van der Waals surface area contributed by atoms with Crippen molar-refractivity contribution >= 4 is 81.8 Å². The Labute approximate surface area is 484 Å². The quantitative estimate of drug-likeness (QED) is 0.0561. The van der Waals surface area contributed by atoms with Crippen LogP contribution in [0.1, 0.15) is 107 Å². The SMILES string of the molecule is CCC(Oc1cc(C(F)(F)F)cc(C(F)(F)F)c1)C(=O)NC(C)(C)C(=O)NCC(F)(F)F.CCC(Oc1cc(Cl)cc(Cl)c1)C(=O)NC(C)(C)C(=O)NC(C)C.CCC(Oc1cc(Cl)cc(Cl)c1)C(=O)NC(C)(C)C(=O)NCC(F)(F)F. The van der Waals surface area contributed by atoms with Crippen LogP contribution in [0.15, 0.2) is 54.6 Å². The maximum atomic E-state index is 13.0. The fraction of sp³-hybridized carbons (Fsp3) is 0.529. The van der Waals surface area contributed by atoms with E-state index in [-0.39, 0.29) is 54.6 Å². The fourth-order valence-corrected chi connectivity index (χ4v) is 7.24. The van der Waals surface area contributed by atoms with Crippen molar-refractivity contribution < 1.29 is 95.7 Å². The molecule has 0 fully saturated rings. The summed E-state index contributed by atoms with van der Waals surface area (Å²) in [5.41, 5.74) is -7.84. The van der Waals surface area contributed by atoms with Crippen molar-refractivity contribution in [1.82, 2.24) is 31.9 Å². The number of hydrogen-bond acceptors (Lipinski definition) is 9. The van der Waals surface area contributed by atoms with Crippen molar-refractivity contribution in [3.63, 3.8) is 0 Å². The average molecular weight is 1270 g/mol. The maximum absolute atomic E-state index is 13.0. The minimum Gasteiger partial charge on any atom is -0.481 e. The normalized spacial score (nSPS) is 13.3. The van der Waals surface area contributed by atoms with Crippen LogP contribution in [-0.2, 0) is 41.1 Å². The van der Waals surface area contributed by atoms with Gasteiger partial charge >= 0.3 is 24.7 Å². The summed E-state index contributed by atoms with van der Waals surface area (Å²) in [6.07, 6.45) is -22.5. The molecule has 82 heavy (non-hydrogen) atoms. The molecule has 31 heteroatoms. The van der Waals surface area contributed by atoms with Gasteiger partial charge in [-0.3, -0.25) is 28.8 Å². The zero-order valence-corrected chi connectivity index (χ0v) is 48.8. The van der Waals surface area contributed by atoms with Crippen molar-refractivity contribution in [1.29, 1.82) is 0 Å². The molecule has 3 aromatic rings. The van der Waals surface area contributed by atoms with Gasteiger partial charge in [-0.25, -0.2) is 0 Å². The molecule has 3 atom stereocenters. The Bertz CT molecular complexity index is 2600. The lowest BCUT2D eigenvalue weighted by Crippen LogP contribution is -2.58. The van der Waals surface area contributed by atoms with E-state index < -0.39 is 113 Å². The van der Waals surface area contributed by atoms with Gasteiger partial charge in [0.25, 0.3) is 17.7 Å². The minimum atomic E-state index is -5.14. The number of amides is 6. The molecule has 0 aromatic heterocycles. The summed E-state index contributed by atoms with van der Waals surface area (Å²) in [4.78, 5) is 73.2. The Balaban J connectivity index is 0.000000622. The molecular weight excluding hydrogens is 1210 g/mol. The first kappa shape index (κ1) is 74.2. The molecule has 0 radical (unpaired) electrons. The van der Waals surface area contributed by atoms with Crippen molar-refractivity contribution in [3.05, 3.63) is 85.8 Å². The van der Waals surface area contributed by atoms with Gasteiger partial charge < -0.3 is 46.1 Å². The second-order valence-corrected chi connectivity index (χ2v) is 21.3. The van der Waals surface area contributed by atoms with E-state index in [1.54, 1.807) is 49.6 Å². The number of nitrogens with one attached hydrogen (secondary N) is 6. The second-order valence-electron chi connectivity index (χ2n) is 19.6. The summed E-state index contributed by atoms with van der Waals surface area (Å²) in [6.45, 7) is 13.3. The van der Waals surface area contributed by atoms with Gasteiger partial charge in [0, 0.05) is 26.1 Å². The average Bonchev–Trinajstić information content (AvgIpc) is 3.33. The summed E-state index contributed by atoms with van der Waals surface area (Å²) in [6, 6.07) is 9.57. The number of carbonyl (C=O) groups is 6. The molecule has 462 valence electrons. The Hall–Kier alpha value is -5.80. The predicted octanol–water partition coefficient (Wildman–Crippen LogP) is 11.7. The number of alkyl halides is 12. The molecule has 0 aliphatic rings. The Kier molecular flexibility index (Phi) is 27.8. The molecule has 0 bridgehead atoms. The number of benzene rings is 3. The zero-order chi connectivity index (χ0) is 63.7. The van der Waals surface area contributed by atoms with Crippen molar-refractivity contribution in [2.75, 3.05) is 13.1 Å². The predicted molar refractivity (Wildman–Crippen MR) is 282 cm³/mol. The largest absolute Gasteiger partial charge is 0.481 e. The molecule has 0 saturated heterocycles. The van der Waals surface area contributed by atoms with Crippen LogP contribution in [0.25, 0.3) is 0 Å². The van der Waals surface area contributed by atoms with E-state index in [2.05, 4.69) is 21.3 Å². The topological polar surface area (TPSA) is 202 Å². The van der Waals surface area contributed by atoms with E-state index in [4.69, 9.17) is 60.6 Å². The molecule has 0 saturated carbocycles. The molecule has 3 rings (SSSR count). The van der Waals surface area contributed by atoms with Crippen LogP contribution in [0.2, 0.25) is 20.1 Å². The van der Waals surface area contributed by atoms with Crippen LogP contribution in [0, 0.1) is 0 Å². The van der Waals surface area contributed by atoms with Gasteiger partial charge in [-0.05, 0) is 129 Å². The number of rotatable bonds is 21. The maximum Gasteiger partial charge on any atom is 0.416 e. The van der Waals surface area contributed by atoms with Crippen LogP contribution in [0.3, 0.4) is 0 Å². The van der Waals surface area contributed by atoms with Crippen LogP contribution in [0.4, 0.5) is 52.7 Å². The van der Waals surface area contributed by atoms with Gasteiger partial charge in [-0.15, -0.1) is 0 Å². The molecule has 15 nitrogen and oxygen atoms in total. The second kappa shape index (κ2) is 30.7. The standard InChI is InChI=1S/C18H19F9N2O3.C17H24Cl2N2O3.C16H19Cl2F3N2O3/c1-4-12(13(30)29-15(2,3)14(31)28-8-16(19,20)21)32-11-6-9(17(22,23)24)5-10(7-11)18(25,26)27;1-6-14(24-13-8-11(18)7-12(19)9-13)15(22)21-17(4,5)16(23)20-10(2)3;1-4-12(26-11-6-9(17)5-10(18)7-11)13(24)23-15(2,3)14(25)22-8-16(19,20)21/h5-7,12H,4,8H2,1-3H3,(H,28,31)(H,29,30);7-10,14H,6H2,1-5H3,(H,20,23)(H,21,22);5-7,12H,4,8H2,1-3H3,(H,22,25)(H,23,24).